The van der Waals surface area contributed by atoms with E-state index in [0.29, 0.717) is 41.6 Å². The number of carbonyl (C=O) groups excluding carboxylic acids is 2. The maximum absolute atomic E-state index is 12.4. The fourth-order valence-corrected chi connectivity index (χ4v) is 4.01. The molecule has 0 bridgehead atoms. The topological polar surface area (TPSA) is 77.1 Å². The van der Waals surface area contributed by atoms with Crippen molar-refractivity contribution in [2.45, 2.75) is 19.3 Å². The van der Waals surface area contributed by atoms with Gasteiger partial charge in [0.25, 0.3) is 5.91 Å². The van der Waals surface area contributed by atoms with Gasteiger partial charge >= 0.3 is 0 Å². The average Bonchev–Trinajstić information content (AvgIpc) is 3.15. The highest BCUT2D eigenvalue weighted by Gasteiger charge is 2.34. The number of hydrogen-bond acceptors (Lipinski definition) is 5. The first kappa shape index (κ1) is 16.0. The number of hydrogen-bond donors (Lipinski definition) is 1. The van der Waals surface area contributed by atoms with Crippen LogP contribution in [0.1, 0.15) is 30.4 Å². The van der Waals surface area contributed by atoms with Gasteiger partial charge in [0.2, 0.25) is 12.7 Å². The van der Waals surface area contributed by atoms with Crippen molar-refractivity contribution in [2.24, 2.45) is 0 Å². The van der Waals surface area contributed by atoms with Crippen LogP contribution in [-0.4, -0.2) is 31.8 Å². The van der Waals surface area contributed by atoms with E-state index in [1.165, 1.54) is 0 Å². The number of rotatable bonds is 2. The lowest BCUT2D eigenvalue weighted by atomic mass is 9.83. The molecule has 0 spiro atoms. The molecule has 3 aliphatic heterocycles. The van der Waals surface area contributed by atoms with Crippen molar-refractivity contribution in [1.29, 1.82) is 0 Å². The van der Waals surface area contributed by atoms with Crippen LogP contribution >= 0.6 is 0 Å². The molecule has 2 aromatic rings. The molecule has 2 amide bonds. The van der Waals surface area contributed by atoms with Crippen molar-refractivity contribution in [3.63, 3.8) is 0 Å². The lowest BCUT2D eigenvalue weighted by molar-refractivity contribution is -0.121. The zero-order valence-electron chi connectivity index (χ0n) is 14.8. The van der Waals surface area contributed by atoms with Crippen molar-refractivity contribution >= 4 is 23.2 Å². The molecule has 7 nitrogen and oxygen atoms in total. The molecule has 138 valence electrons. The summed E-state index contributed by atoms with van der Waals surface area (Å²) in [5, 5.41) is 2.93. The molecule has 0 aromatic heterocycles. The third kappa shape index (κ3) is 2.42. The molecule has 0 radical (unpaired) electrons. The minimum atomic E-state index is -0.174. The summed E-state index contributed by atoms with van der Waals surface area (Å²) in [7, 11) is 0. The SMILES string of the molecule is CCN1C(=O)COc2cc3c(cc21)NC(=O)CC3c1cccc2c1OCO2. The van der Waals surface area contributed by atoms with E-state index in [9.17, 15) is 9.59 Å². The Morgan fingerprint density at radius 2 is 2.00 bits per heavy atom. The van der Waals surface area contributed by atoms with E-state index >= 15 is 0 Å². The molecule has 3 aliphatic rings. The first-order valence-corrected chi connectivity index (χ1v) is 8.95. The third-order valence-corrected chi connectivity index (χ3v) is 5.23. The molecule has 1 atom stereocenters. The summed E-state index contributed by atoms with van der Waals surface area (Å²) >= 11 is 0. The molecule has 5 rings (SSSR count). The van der Waals surface area contributed by atoms with Crippen LogP contribution < -0.4 is 24.4 Å². The standard InChI is InChI=1S/C20H18N2O5/c1-2-22-15-8-14-13(6-17(15)25-9-19(22)24)12(7-18(23)21-14)11-4-3-5-16-20(11)27-10-26-16/h3-6,8,12H,2,7,9-10H2,1H3,(H,21,23). The number of benzene rings is 2. The molecule has 0 aliphatic carbocycles. The van der Waals surface area contributed by atoms with Crippen LogP contribution in [-0.2, 0) is 9.59 Å². The Morgan fingerprint density at radius 3 is 2.85 bits per heavy atom. The number of likely N-dealkylation sites (N-methyl/N-ethyl adjacent to an activating group) is 1. The number of nitrogens with zero attached hydrogens (tertiary/aromatic N) is 1. The highest BCUT2D eigenvalue weighted by Crippen LogP contribution is 2.48. The second-order valence-electron chi connectivity index (χ2n) is 6.72. The van der Waals surface area contributed by atoms with Gasteiger partial charge in [0.15, 0.2) is 18.1 Å². The molecule has 7 heteroatoms. The number of fused-ring (bicyclic) bond motifs is 3. The number of anilines is 2. The van der Waals surface area contributed by atoms with E-state index in [4.69, 9.17) is 14.2 Å². The largest absolute Gasteiger partial charge is 0.482 e. The highest BCUT2D eigenvalue weighted by molar-refractivity contribution is 6.01. The van der Waals surface area contributed by atoms with E-state index in [2.05, 4.69) is 5.32 Å². The monoisotopic (exact) mass is 366 g/mol. The van der Waals surface area contributed by atoms with Crippen LogP contribution in [0.25, 0.3) is 0 Å². The number of nitrogens with one attached hydrogen (secondary N) is 1. The lowest BCUT2D eigenvalue weighted by Gasteiger charge is -2.33. The lowest BCUT2D eigenvalue weighted by Crippen LogP contribution is -2.39. The van der Waals surface area contributed by atoms with Crippen LogP contribution in [0.3, 0.4) is 0 Å². The van der Waals surface area contributed by atoms with Crippen LogP contribution in [0.4, 0.5) is 11.4 Å². The zero-order valence-corrected chi connectivity index (χ0v) is 14.8. The number of para-hydroxylation sites is 1. The van der Waals surface area contributed by atoms with Gasteiger partial charge in [-0.2, -0.15) is 0 Å². The maximum atomic E-state index is 12.4. The van der Waals surface area contributed by atoms with E-state index in [1.54, 1.807) is 4.90 Å². The summed E-state index contributed by atoms with van der Waals surface area (Å²) < 4.78 is 16.8. The summed E-state index contributed by atoms with van der Waals surface area (Å²) in [4.78, 5) is 26.2. The molecule has 1 unspecified atom stereocenters. The van der Waals surface area contributed by atoms with E-state index in [0.717, 1.165) is 11.1 Å². The van der Waals surface area contributed by atoms with Gasteiger partial charge in [0, 0.05) is 30.1 Å². The molecule has 1 N–H and O–H groups in total. The van der Waals surface area contributed by atoms with Gasteiger partial charge in [0.05, 0.1) is 5.69 Å². The van der Waals surface area contributed by atoms with Gasteiger partial charge in [-0.05, 0) is 30.7 Å². The Bertz CT molecular complexity index is 971. The Labute approximate surface area is 155 Å². The van der Waals surface area contributed by atoms with Crippen LogP contribution in [0.2, 0.25) is 0 Å². The van der Waals surface area contributed by atoms with Crippen molar-refractivity contribution < 1.29 is 23.8 Å². The fraction of sp³-hybridized carbons (Fsp3) is 0.300. The molecule has 0 saturated carbocycles. The molecule has 3 heterocycles. The summed E-state index contributed by atoms with van der Waals surface area (Å²) in [5.74, 6) is 1.70. The number of carbonyl (C=O) groups is 2. The second kappa shape index (κ2) is 5.90. The first-order chi connectivity index (χ1) is 13.2. The summed E-state index contributed by atoms with van der Waals surface area (Å²) in [6.07, 6.45) is 0.308. The molecule has 0 saturated heterocycles. The van der Waals surface area contributed by atoms with Crippen LogP contribution in [0, 0.1) is 0 Å². The minimum absolute atomic E-state index is 0.0222. The van der Waals surface area contributed by atoms with Gasteiger partial charge in [-0.3, -0.25) is 9.59 Å². The minimum Gasteiger partial charge on any atom is -0.482 e. The molecular formula is C20H18N2O5. The average molecular weight is 366 g/mol. The van der Waals surface area contributed by atoms with E-state index in [1.807, 2.05) is 37.3 Å². The van der Waals surface area contributed by atoms with Crippen LogP contribution in [0.15, 0.2) is 30.3 Å². The van der Waals surface area contributed by atoms with Gasteiger partial charge in [0.1, 0.15) is 5.75 Å². The Kier molecular flexibility index (Phi) is 3.50. The number of amides is 2. The van der Waals surface area contributed by atoms with E-state index in [-0.39, 0.29) is 31.1 Å². The summed E-state index contributed by atoms with van der Waals surface area (Å²) in [6, 6.07) is 9.48. The zero-order chi connectivity index (χ0) is 18.5. The predicted molar refractivity (Wildman–Crippen MR) is 97.6 cm³/mol. The van der Waals surface area contributed by atoms with Crippen LogP contribution in [0.5, 0.6) is 17.2 Å². The molecule has 2 aromatic carbocycles. The van der Waals surface area contributed by atoms with Gasteiger partial charge in [-0.15, -0.1) is 0 Å². The van der Waals surface area contributed by atoms with Crippen molar-refractivity contribution in [3.05, 3.63) is 41.5 Å². The number of ether oxygens (including phenoxy) is 3. The van der Waals surface area contributed by atoms with Gasteiger partial charge < -0.3 is 24.4 Å². The van der Waals surface area contributed by atoms with Gasteiger partial charge in [-0.1, -0.05) is 12.1 Å². The van der Waals surface area contributed by atoms with Gasteiger partial charge in [-0.25, -0.2) is 0 Å². The first-order valence-electron chi connectivity index (χ1n) is 8.95. The Balaban J connectivity index is 1.65. The fourth-order valence-electron chi connectivity index (χ4n) is 4.01. The van der Waals surface area contributed by atoms with Crippen molar-refractivity contribution in [2.75, 3.05) is 30.2 Å². The quantitative estimate of drug-likeness (QED) is 0.884. The Morgan fingerprint density at radius 1 is 1.11 bits per heavy atom. The summed E-state index contributed by atoms with van der Waals surface area (Å²) in [5.41, 5.74) is 3.25. The highest BCUT2D eigenvalue weighted by atomic mass is 16.7. The van der Waals surface area contributed by atoms with E-state index < -0.39 is 0 Å². The van der Waals surface area contributed by atoms with Crippen molar-refractivity contribution in [1.82, 2.24) is 0 Å². The smallest absolute Gasteiger partial charge is 0.265 e. The molecular weight excluding hydrogens is 348 g/mol. The maximum Gasteiger partial charge on any atom is 0.265 e. The third-order valence-electron chi connectivity index (χ3n) is 5.23. The molecule has 0 fully saturated rings. The molecule has 27 heavy (non-hydrogen) atoms. The predicted octanol–water partition coefficient (Wildman–Crippen LogP) is 2.63. The second-order valence-corrected chi connectivity index (χ2v) is 6.72. The van der Waals surface area contributed by atoms with Crippen molar-refractivity contribution in [3.8, 4) is 17.2 Å². The normalized spacial score (nSPS) is 19.9. The summed E-state index contributed by atoms with van der Waals surface area (Å²) in [6.45, 7) is 2.66. The Hall–Kier alpha value is -3.22.